The maximum Gasteiger partial charge on any atom is 0.136 e. The molecule has 0 spiro atoms. The summed E-state index contributed by atoms with van der Waals surface area (Å²) in [6.07, 6.45) is 4.33. The number of nitrogens with two attached hydrogens (primary N) is 1. The van der Waals surface area contributed by atoms with Crippen molar-refractivity contribution in [1.29, 1.82) is 0 Å². The summed E-state index contributed by atoms with van der Waals surface area (Å²) in [6, 6.07) is 3.75. The van der Waals surface area contributed by atoms with Crippen LogP contribution in [0.3, 0.4) is 0 Å². The van der Waals surface area contributed by atoms with Gasteiger partial charge < -0.3 is 11.1 Å². The van der Waals surface area contributed by atoms with Gasteiger partial charge in [-0.25, -0.2) is 4.98 Å². The molecule has 86 valence electrons. The Morgan fingerprint density at radius 1 is 1.56 bits per heavy atom. The minimum absolute atomic E-state index is 0.0634. The van der Waals surface area contributed by atoms with E-state index in [4.69, 9.17) is 18.0 Å². The van der Waals surface area contributed by atoms with Crippen molar-refractivity contribution in [2.24, 2.45) is 11.7 Å². The Morgan fingerprint density at radius 3 is 2.81 bits per heavy atom. The van der Waals surface area contributed by atoms with Crippen molar-refractivity contribution in [3.05, 3.63) is 23.9 Å². The Balaban J connectivity index is 2.23. The minimum atomic E-state index is 0.0634. The summed E-state index contributed by atoms with van der Waals surface area (Å²) in [5.74, 6) is 1.53. The third kappa shape index (κ3) is 2.32. The van der Waals surface area contributed by atoms with Crippen molar-refractivity contribution in [2.75, 3.05) is 5.32 Å². The van der Waals surface area contributed by atoms with Crippen LogP contribution < -0.4 is 11.1 Å². The van der Waals surface area contributed by atoms with E-state index in [-0.39, 0.29) is 5.54 Å². The second-order valence-electron chi connectivity index (χ2n) is 4.88. The fourth-order valence-electron chi connectivity index (χ4n) is 1.92. The number of thiocarbonyl (C=S) groups is 1. The first-order chi connectivity index (χ1) is 7.50. The standard InChI is InChI=1S/C12H17N3S/c1-12(2,8-5-6-8)15-11-9(10(13)16)4-3-7-14-11/h3-4,7-8H,5-6H2,1-2H3,(H2,13,16)(H,14,15). The van der Waals surface area contributed by atoms with Crippen LogP contribution in [-0.4, -0.2) is 15.5 Å². The van der Waals surface area contributed by atoms with Crippen molar-refractivity contribution in [1.82, 2.24) is 4.98 Å². The molecule has 1 aliphatic rings. The van der Waals surface area contributed by atoms with Crippen LogP contribution in [0.4, 0.5) is 5.82 Å². The summed E-state index contributed by atoms with van der Waals surface area (Å²) >= 11 is 5.02. The molecule has 1 aromatic heterocycles. The summed E-state index contributed by atoms with van der Waals surface area (Å²) < 4.78 is 0. The van der Waals surface area contributed by atoms with E-state index in [0.717, 1.165) is 17.3 Å². The van der Waals surface area contributed by atoms with E-state index in [9.17, 15) is 0 Å². The van der Waals surface area contributed by atoms with Crippen LogP contribution in [0.5, 0.6) is 0 Å². The molecule has 1 heterocycles. The van der Waals surface area contributed by atoms with Gasteiger partial charge in [0.1, 0.15) is 10.8 Å². The molecule has 1 fully saturated rings. The second kappa shape index (κ2) is 4.01. The molecule has 4 heteroatoms. The zero-order valence-electron chi connectivity index (χ0n) is 9.66. The largest absolute Gasteiger partial charge is 0.389 e. The van der Waals surface area contributed by atoms with Gasteiger partial charge in [-0.05, 0) is 44.7 Å². The van der Waals surface area contributed by atoms with Gasteiger partial charge in [0.25, 0.3) is 0 Å². The van der Waals surface area contributed by atoms with Crippen LogP contribution in [-0.2, 0) is 0 Å². The molecule has 0 bridgehead atoms. The average molecular weight is 235 g/mol. The van der Waals surface area contributed by atoms with Crippen molar-refractivity contribution >= 4 is 23.0 Å². The Bertz CT molecular complexity index is 410. The molecule has 0 radical (unpaired) electrons. The van der Waals surface area contributed by atoms with Gasteiger partial charge in [-0.3, -0.25) is 0 Å². The zero-order valence-corrected chi connectivity index (χ0v) is 10.5. The highest BCUT2D eigenvalue weighted by Gasteiger charge is 2.38. The fraction of sp³-hybridized carbons (Fsp3) is 0.500. The summed E-state index contributed by atoms with van der Waals surface area (Å²) in [6.45, 7) is 4.39. The van der Waals surface area contributed by atoms with Crippen LogP contribution in [0.1, 0.15) is 32.3 Å². The van der Waals surface area contributed by atoms with Crippen LogP contribution in [0.2, 0.25) is 0 Å². The lowest BCUT2D eigenvalue weighted by molar-refractivity contribution is 0.492. The SMILES string of the molecule is CC(C)(Nc1ncccc1C(N)=S)C1CC1. The number of rotatable bonds is 4. The van der Waals surface area contributed by atoms with Gasteiger partial charge in [0.05, 0.1) is 5.56 Å². The van der Waals surface area contributed by atoms with Crippen molar-refractivity contribution < 1.29 is 0 Å². The molecule has 0 atom stereocenters. The lowest BCUT2D eigenvalue weighted by Crippen LogP contribution is -2.34. The number of nitrogens with one attached hydrogen (secondary N) is 1. The summed E-state index contributed by atoms with van der Waals surface area (Å²) in [4.78, 5) is 4.71. The molecule has 0 aliphatic heterocycles. The monoisotopic (exact) mass is 235 g/mol. The van der Waals surface area contributed by atoms with Gasteiger partial charge in [0, 0.05) is 11.7 Å². The summed E-state index contributed by atoms with van der Waals surface area (Å²) in [7, 11) is 0. The second-order valence-corrected chi connectivity index (χ2v) is 5.32. The molecule has 0 aromatic carbocycles. The number of aromatic nitrogens is 1. The highest BCUT2D eigenvalue weighted by molar-refractivity contribution is 7.80. The van der Waals surface area contributed by atoms with E-state index >= 15 is 0 Å². The number of nitrogens with zero attached hydrogens (tertiary/aromatic N) is 1. The topological polar surface area (TPSA) is 50.9 Å². The lowest BCUT2D eigenvalue weighted by Gasteiger charge is -2.27. The molecule has 0 unspecified atom stereocenters. The first kappa shape index (κ1) is 11.3. The van der Waals surface area contributed by atoms with E-state index in [2.05, 4.69) is 24.1 Å². The van der Waals surface area contributed by atoms with E-state index in [1.807, 2.05) is 12.1 Å². The van der Waals surface area contributed by atoms with Crippen molar-refractivity contribution in [3.8, 4) is 0 Å². The quantitative estimate of drug-likeness (QED) is 0.786. The highest BCUT2D eigenvalue weighted by Crippen LogP contribution is 2.41. The Labute approximate surface area is 101 Å². The van der Waals surface area contributed by atoms with Crippen LogP contribution in [0.15, 0.2) is 18.3 Å². The molecule has 16 heavy (non-hydrogen) atoms. The molecule has 0 saturated heterocycles. The van der Waals surface area contributed by atoms with Crippen LogP contribution >= 0.6 is 12.2 Å². The van der Waals surface area contributed by atoms with Crippen molar-refractivity contribution in [2.45, 2.75) is 32.2 Å². The Morgan fingerprint density at radius 2 is 2.25 bits per heavy atom. The zero-order chi connectivity index (χ0) is 11.8. The highest BCUT2D eigenvalue weighted by atomic mass is 32.1. The summed E-state index contributed by atoms with van der Waals surface area (Å²) in [5.41, 5.74) is 6.57. The van der Waals surface area contributed by atoms with Gasteiger partial charge >= 0.3 is 0 Å². The van der Waals surface area contributed by atoms with Crippen molar-refractivity contribution in [3.63, 3.8) is 0 Å². The van der Waals surface area contributed by atoms with Gasteiger partial charge in [-0.1, -0.05) is 12.2 Å². The number of hydrogen-bond donors (Lipinski definition) is 2. The third-order valence-electron chi connectivity index (χ3n) is 3.11. The van der Waals surface area contributed by atoms with E-state index in [0.29, 0.717) is 4.99 Å². The Kier molecular flexibility index (Phi) is 2.84. The molecule has 3 N–H and O–H groups in total. The molecule has 1 saturated carbocycles. The summed E-state index contributed by atoms with van der Waals surface area (Å²) in [5, 5.41) is 3.45. The molecule has 2 rings (SSSR count). The van der Waals surface area contributed by atoms with Gasteiger partial charge in [0.2, 0.25) is 0 Å². The molecule has 1 aromatic rings. The predicted octanol–water partition coefficient (Wildman–Crippen LogP) is 2.32. The maximum atomic E-state index is 5.68. The number of hydrogen-bond acceptors (Lipinski definition) is 3. The van der Waals surface area contributed by atoms with Crippen LogP contribution in [0.25, 0.3) is 0 Å². The maximum absolute atomic E-state index is 5.68. The predicted molar refractivity (Wildman–Crippen MR) is 70.6 cm³/mol. The van der Waals surface area contributed by atoms with Crippen LogP contribution in [0, 0.1) is 5.92 Å². The van der Waals surface area contributed by atoms with Gasteiger partial charge in [-0.15, -0.1) is 0 Å². The number of pyridine rings is 1. The molecular formula is C12H17N3S. The number of anilines is 1. The molecular weight excluding hydrogens is 218 g/mol. The molecule has 3 nitrogen and oxygen atoms in total. The van der Waals surface area contributed by atoms with E-state index < -0.39 is 0 Å². The lowest BCUT2D eigenvalue weighted by atomic mass is 9.98. The first-order valence-electron chi connectivity index (χ1n) is 5.54. The normalized spacial score (nSPS) is 15.9. The van der Waals surface area contributed by atoms with Gasteiger partial charge in [-0.2, -0.15) is 0 Å². The first-order valence-corrected chi connectivity index (χ1v) is 5.94. The molecule has 0 amide bonds. The fourth-order valence-corrected chi connectivity index (χ4v) is 2.08. The average Bonchev–Trinajstić information content (AvgIpc) is 3.00. The Hall–Kier alpha value is -1.16. The minimum Gasteiger partial charge on any atom is -0.389 e. The third-order valence-corrected chi connectivity index (χ3v) is 3.33. The molecule has 1 aliphatic carbocycles. The van der Waals surface area contributed by atoms with E-state index in [1.165, 1.54) is 12.8 Å². The smallest absolute Gasteiger partial charge is 0.136 e. The van der Waals surface area contributed by atoms with Gasteiger partial charge in [0.15, 0.2) is 0 Å². The van der Waals surface area contributed by atoms with E-state index in [1.54, 1.807) is 6.20 Å².